The third kappa shape index (κ3) is 4.44. The molecule has 5 nitrogen and oxygen atoms in total. The number of alkyl halides is 1. The van der Waals surface area contributed by atoms with E-state index in [0.29, 0.717) is 0 Å². The van der Waals surface area contributed by atoms with Gasteiger partial charge in [-0.25, -0.2) is 4.39 Å². The molecular formula is C14H17FN2O3S. The van der Waals surface area contributed by atoms with Gasteiger partial charge in [-0.1, -0.05) is 30.3 Å². The first kappa shape index (κ1) is 15.8. The molecular weight excluding hydrogens is 295 g/mol. The number of β-lactam (4-membered cyclic amide) rings is 1. The Bertz CT molecular complexity index is 500. The minimum absolute atomic E-state index is 0.173. The molecule has 3 unspecified atom stereocenters. The average molecular weight is 312 g/mol. The van der Waals surface area contributed by atoms with Gasteiger partial charge in [-0.15, -0.1) is 11.8 Å². The summed E-state index contributed by atoms with van der Waals surface area (Å²) in [5.74, 6) is -0.326. The number of halogens is 1. The molecule has 1 aromatic carbocycles. The van der Waals surface area contributed by atoms with E-state index in [-0.39, 0.29) is 29.4 Å². The highest BCUT2D eigenvalue weighted by molar-refractivity contribution is 8.00. The molecule has 21 heavy (non-hydrogen) atoms. The van der Waals surface area contributed by atoms with Crippen molar-refractivity contribution in [3.63, 3.8) is 0 Å². The predicted molar refractivity (Wildman–Crippen MR) is 78.4 cm³/mol. The lowest BCUT2D eigenvalue weighted by molar-refractivity contribution is -0.134. The molecule has 1 fully saturated rings. The van der Waals surface area contributed by atoms with Crippen molar-refractivity contribution in [1.82, 2.24) is 10.6 Å². The van der Waals surface area contributed by atoms with Crippen LogP contribution in [0.15, 0.2) is 30.3 Å². The average Bonchev–Trinajstić information content (AvgIpc) is 2.49. The molecule has 3 atom stereocenters. The molecule has 1 saturated heterocycles. The fourth-order valence-corrected chi connectivity index (χ4v) is 3.00. The number of aliphatic hydroxyl groups is 1. The standard InChI is InChI=1S/C14H17FN2O3S/c15-7-10(18)8-21-14-12(13(20)17-14)16-11(19)6-9-4-2-1-3-5-9/h1-5,10,12,14,18H,6-8H2,(H,16,19)(H,17,20). The van der Waals surface area contributed by atoms with Crippen molar-refractivity contribution in [3.05, 3.63) is 35.9 Å². The van der Waals surface area contributed by atoms with Crippen LogP contribution < -0.4 is 10.6 Å². The summed E-state index contributed by atoms with van der Waals surface area (Å²) in [4.78, 5) is 23.4. The van der Waals surface area contributed by atoms with Crippen LogP contribution in [-0.2, 0) is 16.0 Å². The Morgan fingerprint density at radius 2 is 2.14 bits per heavy atom. The van der Waals surface area contributed by atoms with Gasteiger partial charge in [-0.2, -0.15) is 0 Å². The summed E-state index contributed by atoms with van der Waals surface area (Å²) in [6.07, 6.45) is -0.845. The van der Waals surface area contributed by atoms with E-state index in [1.54, 1.807) is 0 Å². The first-order valence-electron chi connectivity index (χ1n) is 6.59. The Hall–Kier alpha value is -1.60. The lowest BCUT2D eigenvalue weighted by Gasteiger charge is -2.36. The van der Waals surface area contributed by atoms with Crippen molar-refractivity contribution >= 4 is 23.6 Å². The van der Waals surface area contributed by atoms with Gasteiger partial charge in [0.1, 0.15) is 18.1 Å². The Morgan fingerprint density at radius 1 is 1.43 bits per heavy atom. The van der Waals surface area contributed by atoms with Crippen LogP contribution in [0.25, 0.3) is 0 Å². The number of hydrogen-bond acceptors (Lipinski definition) is 4. The minimum Gasteiger partial charge on any atom is -0.390 e. The normalized spacial score (nSPS) is 22.1. The Kier molecular flexibility index (Phi) is 5.58. The highest BCUT2D eigenvalue weighted by Gasteiger charge is 2.40. The molecule has 0 radical (unpaired) electrons. The Balaban J connectivity index is 1.80. The first-order chi connectivity index (χ1) is 10.1. The van der Waals surface area contributed by atoms with Gasteiger partial charge in [-0.3, -0.25) is 9.59 Å². The lowest BCUT2D eigenvalue weighted by Crippen LogP contribution is -2.68. The molecule has 2 rings (SSSR count). The minimum atomic E-state index is -1.05. The first-order valence-corrected chi connectivity index (χ1v) is 7.64. The van der Waals surface area contributed by atoms with E-state index in [1.807, 2.05) is 30.3 Å². The highest BCUT2D eigenvalue weighted by atomic mass is 32.2. The van der Waals surface area contributed by atoms with Gasteiger partial charge in [0.15, 0.2) is 0 Å². The zero-order valence-corrected chi connectivity index (χ0v) is 12.1. The van der Waals surface area contributed by atoms with Crippen LogP contribution in [0.3, 0.4) is 0 Å². The SMILES string of the molecule is O=C(Cc1ccccc1)NC1C(=O)NC1SCC(O)CF. The van der Waals surface area contributed by atoms with Crippen molar-refractivity contribution in [2.24, 2.45) is 0 Å². The smallest absolute Gasteiger partial charge is 0.246 e. The molecule has 1 aliphatic rings. The molecule has 2 amide bonds. The molecule has 0 bridgehead atoms. The summed E-state index contributed by atoms with van der Waals surface area (Å²) in [7, 11) is 0. The maximum absolute atomic E-state index is 12.2. The number of benzene rings is 1. The number of thioether (sulfide) groups is 1. The van der Waals surface area contributed by atoms with Gasteiger partial charge in [0, 0.05) is 5.75 Å². The van der Waals surface area contributed by atoms with E-state index in [9.17, 15) is 14.0 Å². The molecule has 114 valence electrons. The molecule has 1 aliphatic heterocycles. The van der Waals surface area contributed by atoms with Crippen LogP contribution in [0, 0.1) is 0 Å². The quantitative estimate of drug-likeness (QED) is 0.630. The summed E-state index contributed by atoms with van der Waals surface area (Å²) in [6.45, 7) is -0.821. The molecule has 3 N–H and O–H groups in total. The molecule has 1 heterocycles. The summed E-state index contributed by atoms with van der Waals surface area (Å²) in [6, 6.07) is 8.60. The molecule has 0 saturated carbocycles. The maximum Gasteiger partial charge on any atom is 0.246 e. The number of carbonyl (C=O) groups excluding carboxylic acids is 2. The van der Waals surface area contributed by atoms with Crippen LogP contribution in [0.1, 0.15) is 5.56 Å². The zero-order valence-electron chi connectivity index (χ0n) is 11.3. The van der Waals surface area contributed by atoms with Crippen LogP contribution in [0.2, 0.25) is 0 Å². The van der Waals surface area contributed by atoms with Crippen LogP contribution in [0.4, 0.5) is 4.39 Å². The topological polar surface area (TPSA) is 78.4 Å². The van der Waals surface area contributed by atoms with Crippen molar-refractivity contribution in [2.75, 3.05) is 12.4 Å². The summed E-state index contributed by atoms with van der Waals surface area (Å²) in [5, 5.41) is 14.1. The van der Waals surface area contributed by atoms with Crippen LogP contribution in [-0.4, -0.2) is 46.9 Å². The second-order valence-corrected chi connectivity index (χ2v) is 5.95. The highest BCUT2D eigenvalue weighted by Crippen LogP contribution is 2.21. The maximum atomic E-state index is 12.2. The number of amides is 2. The Labute approximate surface area is 126 Å². The van der Waals surface area contributed by atoms with E-state index in [4.69, 9.17) is 5.11 Å². The fourth-order valence-electron chi connectivity index (χ4n) is 1.90. The van der Waals surface area contributed by atoms with Gasteiger partial charge >= 0.3 is 0 Å². The van der Waals surface area contributed by atoms with Gasteiger partial charge < -0.3 is 15.7 Å². The zero-order chi connectivity index (χ0) is 15.2. The molecule has 0 aromatic heterocycles. The van der Waals surface area contributed by atoms with E-state index >= 15 is 0 Å². The number of carbonyl (C=O) groups is 2. The van der Waals surface area contributed by atoms with E-state index in [0.717, 1.165) is 5.56 Å². The summed E-state index contributed by atoms with van der Waals surface area (Å²) < 4.78 is 12.2. The van der Waals surface area contributed by atoms with Crippen molar-refractivity contribution in [1.29, 1.82) is 0 Å². The molecule has 1 aromatic rings. The largest absolute Gasteiger partial charge is 0.390 e. The number of rotatable bonds is 7. The van der Waals surface area contributed by atoms with Gasteiger partial charge in [-0.05, 0) is 5.56 Å². The predicted octanol–water partition coefficient (Wildman–Crippen LogP) is 0.233. The van der Waals surface area contributed by atoms with Gasteiger partial charge in [0.05, 0.1) is 12.5 Å². The summed E-state index contributed by atoms with van der Waals surface area (Å²) in [5.41, 5.74) is 0.867. The molecule has 0 spiro atoms. The number of aliphatic hydroxyl groups excluding tert-OH is 1. The van der Waals surface area contributed by atoms with E-state index in [1.165, 1.54) is 11.8 Å². The molecule has 0 aliphatic carbocycles. The van der Waals surface area contributed by atoms with Crippen molar-refractivity contribution < 1.29 is 19.1 Å². The van der Waals surface area contributed by atoms with E-state index in [2.05, 4.69) is 10.6 Å². The third-order valence-electron chi connectivity index (χ3n) is 3.04. The fraction of sp³-hybridized carbons (Fsp3) is 0.429. The lowest BCUT2D eigenvalue weighted by atomic mass is 10.1. The second-order valence-electron chi connectivity index (χ2n) is 4.78. The number of nitrogens with one attached hydrogen (secondary N) is 2. The summed E-state index contributed by atoms with van der Waals surface area (Å²) >= 11 is 1.22. The second kappa shape index (κ2) is 7.42. The van der Waals surface area contributed by atoms with Crippen LogP contribution >= 0.6 is 11.8 Å². The Morgan fingerprint density at radius 3 is 2.76 bits per heavy atom. The molecule has 7 heteroatoms. The monoisotopic (exact) mass is 312 g/mol. The van der Waals surface area contributed by atoms with Gasteiger partial charge in [0.2, 0.25) is 11.8 Å². The van der Waals surface area contributed by atoms with Gasteiger partial charge in [0.25, 0.3) is 0 Å². The van der Waals surface area contributed by atoms with Crippen molar-refractivity contribution in [2.45, 2.75) is 23.9 Å². The third-order valence-corrected chi connectivity index (χ3v) is 4.37. The van der Waals surface area contributed by atoms with Crippen molar-refractivity contribution in [3.8, 4) is 0 Å². The number of hydrogen-bond donors (Lipinski definition) is 3. The van der Waals surface area contributed by atoms with Crippen LogP contribution in [0.5, 0.6) is 0 Å². The van der Waals surface area contributed by atoms with E-state index < -0.39 is 18.8 Å².